The van der Waals surface area contributed by atoms with E-state index in [1.807, 2.05) is 11.9 Å². The number of nitrogen functional groups attached to an aromatic ring is 1. The van der Waals surface area contributed by atoms with E-state index in [1.54, 1.807) is 0 Å². The third-order valence-electron chi connectivity index (χ3n) is 3.50. The molecule has 110 valence electrons. The van der Waals surface area contributed by atoms with E-state index in [-0.39, 0.29) is 12.5 Å². The number of rotatable bonds is 4. The van der Waals surface area contributed by atoms with Gasteiger partial charge in [-0.15, -0.1) is 0 Å². The van der Waals surface area contributed by atoms with Crippen molar-refractivity contribution in [3.63, 3.8) is 0 Å². The van der Waals surface area contributed by atoms with Gasteiger partial charge in [-0.05, 0) is 38.1 Å². The molecule has 1 amide bonds. The van der Waals surface area contributed by atoms with Gasteiger partial charge >= 0.3 is 0 Å². The zero-order valence-electron chi connectivity index (χ0n) is 11.6. The number of nitrogens with two attached hydrogens (primary N) is 1. The van der Waals surface area contributed by atoms with Crippen LogP contribution in [0.3, 0.4) is 0 Å². The molecule has 0 aliphatic carbocycles. The number of amides is 1. The molecule has 0 spiro atoms. The van der Waals surface area contributed by atoms with E-state index in [9.17, 15) is 9.18 Å². The molecule has 0 atom stereocenters. The SMILES string of the molecule is CN(CC(=O)Nc1cc(F)ccc1N)C1CCOCC1. The summed E-state index contributed by atoms with van der Waals surface area (Å²) in [6, 6.07) is 4.27. The average Bonchev–Trinajstić information content (AvgIpc) is 2.43. The Hall–Kier alpha value is -1.66. The van der Waals surface area contributed by atoms with Crippen molar-refractivity contribution in [3.8, 4) is 0 Å². The highest BCUT2D eigenvalue weighted by Gasteiger charge is 2.20. The minimum Gasteiger partial charge on any atom is -0.397 e. The first-order valence-electron chi connectivity index (χ1n) is 6.69. The fourth-order valence-corrected chi connectivity index (χ4v) is 2.31. The van der Waals surface area contributed by atoms with Gasteiger partial charge in [-0.2, -0.15) is 0 Å². The first-order chi connectivity index (χ1) is 9.56. The molecular formula is C14H20FN3O2. The lowest BCUT2D eigenvalue weighted by atomic mass is 10.1. The quantitative estimate of drug-likeness (QED) is 0.820. The fourth-order valence-electron chi connectivity index (χ4n) is 2.31. The number of carbonyl (C=O) groups is 1. The summed E-state index contributed by atoms with van der Waals surface area (Å²) in [5.74, 6) is -0.622. The van der Waals surface area contributed by atoms with Gasteiger partial charge in [-0.25, -0.2) is 4.39 Å². The van der Waals surface area contributed by atoms with Gasteiger partial charge in [-0.1, -0.05) is 0 Å². The molecule has 20 heavy (non-hydrogen) atoms. The first kappa shape index (κ1) is 14.7. The largest absolute Gasteiger partial charge is 0.397 e. The summed E-state index contributed by atoms with van der Waals surface area (Å²) in [4.78, 5) is 14.0. The summed E-state index contributed by atoms with van der Waals surface area (Å²) < 4.78 is 18.4. The Balaban J connectivity index is 1.89. The van der Waals surface area contributed by atoms with Crippen molar-refractivity contribution in [1.29, 1.82) is 0 Å². The van der Waals surface area contributed by atoms with E-state index in [1.165, 1.54) is 18.2 Å². The van der Waals surface area contributed by atoms with Gasteiger partial charge in [0.05, 0.1) is 17.9 Å². The van der Waals surface area contributed by atoms with E-state index in [0.29, 0.717) is 17.4 Å². The van der Waals surface area contributed by atoms with Crippen LogP contribution in [0.15, 0.2) is 18.2 Å². The molecule has 1 fully saturated rings. The van der Waals surface area contributed by atoms with E-state index in [4.69, 9.17) is 10.5 Å². The van der Waals surface area contributed by atoms with Gasteiger partial charge in [0.2, 0.25) is 5.91 Å². The van der Waals surface area contributed by atoms with Gasteiger partial charge in [0.1, 0.15) is 5.82 Å². The highest BCUT2D eigenvalue weighted by atomic mass is 19.1. The summed E-state index contributed by atoms with van der Waals surface area (Å²) in [6.07, 6.45) is 1.85. The smallest absolute Gasteiger partial charge is 0.238 e. The number of ether oxygens (including phenoxy) is 1. The molecular weight excluding hydrogens is 261 g/mol. The van der Waals surface area contributed by atoms with Crippen molar-refractivity contribution >= 4 is 17.3 Å². The van der Waals surface area contributed by atoms with Crippen molar-refractivity contribution in [2.75, 3.05) is 37.9 Å². The number of carbonyl (C=O) groups excluding carboxylic acids is 1. The molecule has 1 heterocycles. The topological polar surface area (TPSA) is 67.6 Å². The van der Waals surface area contributed by atoms with Crippen molar-refractivity contribution in [2.45, 2.75) is 18.9 Å². The van der Waals surface area contributed by atoms with Crippen LogP contribution in [0.2, 0.25) is 0 Å². The van der Waals surface area contributed by atoms with E-state index in [0.717, 1.165) is 26.1 Å². The third-order valence-corrected chi connectivity index (χ3v) is 3.50. The number of anilines is 2. The number of hydrogen-bond donors (Lipinski definition) is 2. The Morgan fingerprint density at radius 1 is 1.50 bits per heavy atom. The summed E-state index contributed by atoms with van der Waals surface area (Å²) in [5, 5.41) is 2.64. The minimum absolute atomic E-state index is 0.198. The summed E-state index contributed by atoms with van der Waals surface area (Å²) in [5.41, 5.74) is 6.37. The molecule has 2 rings (SSSR count). The lowest BCUT2D eigenvalue weighted by Gasteiger charge is -2.30. The molecule has 0 unspecified atom stereocenters. The van der Waals surface area contributed by atoms with Crippen LogP contribution in [0.4, 0.5) is 15.8 Å². The number of nitrogens with zero attached hydrogens (tertiary/aromatic N) is 1. The maximum absolute atomic E-state index is 13.1. The van der Waals surface area contributed by atoms with Crippen LogP contribution in [0.5, 0.6) is 0 Å². The van der Waals surface area contributed by atoms with Crippen LogP contribution in [-0.2, 0) is 9.53 Å². The van der Waals surface area contributed by atoms with Crippen LogP contribution >= 0.6 is 0 Å². The highest BCUT2D eigenvalue weighted by molar-refractivity contribution is 5.95. The van der Waals surface area contributed by atoms with Crippen molar-refractivity contribution in [2.24, 2.45) is 0 Å². The van der Waals surface area contributed by atoms with E-state index < -0.39 is 5.82 Å². The molecule has 0 radical (unpaired) electrons. The van der Waals surface area contributed by atoms with Crippen LogP contribution in [0.25, 0.3) is 0 Å². The Morgan fingerprint density at radius 3 is 2.90 bits per heavy atom. The first-order valence-corrected chi connectivity index (χ1v) is 6.69. The van der Waals surface area contributed by atoms with Crippen molar-refractivity contribution in [1.82, 2.24) is 4.90 Å². The summed E-state index contributed by atoms with van der Waals surface area (Å²) >= 11 is 0. The predicted molar refractivity (Wildman–Crippen MR) is 75.9 cm³/mol. The minimum atomic E-state index is -0.424. The van der Waals surface area contributed by atoms with Crippen molar-refractivity contribution < 1.29 is 13.9 Å². The van der Waals surface area contributed by atoms with Crippen LogP contribution in [0.1, 0.15) is 12.8 Å². The maximum Gasteiger partial charge on any atom is 0.238 e. The second kappa shape index (κ2) is 6.67. The van der Waals surface area contributed by atoms with Crippen LogP contribution < -0.4 is 11.1 Å². The molecule has 1 saturated heterocycles. The van der Waals surface area contributed by atoms with Gasteiger partial charge in [-0.3, -0.25) is 9.69 Å². The molecule has 6 heteroatoms. The van der Waals surface area contributed by atoms with E-state index in [2.05, 4.69) is 5.32 Å². The number of nitrogens with one attached hydrogen (secondary N) is 1. The standard InChI is InChI=1S/C14H20FN3O2/c1-18(11-4-6-20-7-5-11)9-14(19)17-13-8-10(15)2-3-12(13)16/h2-3,8,11H,4-7,9,16H2,1H3,(H,17,19). The van der Waals surface area contributed by atoms with Gasteiger partial charge in [0, 0.05) is 19.3 Å². The molecule has 5 nitrogen and oxygen atoms in total. The zero-order chi connectivity index (χ0) is 14.5. The number of hydrogen-bond acceptors (Lipinski definition) is 4. The van der Waals surface area contributed by atoms with Crippen LogP contribution in [-0.4, -0.2) is 43.7 Å². The molecule has 0 bridgehead atoms. The Bertz CT molecular complexity index is 475. The molecule has 0 saturated carbocycles. The molecule has 3 N–H and O–H groups in total. The summed E-state index contributed by atoms with van der Waals surface area (Å²) in [7, 11) is 1.91. The lowest BCUT2D eigenvalue weighted by Crippen LogP contribution is -2.41. The predicted octanol–water partition coefficient (Wildman–Crippen LogP) is 1.46. The number of halogens is 1. The fraction of sp³-hybridized carbons (Fsp3) is 0.500. The number of benzene rings is 1. The lowest BCUT2D eigenvalue weighted by molar-refractivity contribution is -0.118. The summed E-state index contributed by atoms with van der Waals surface area (Å²) in [6.45, 7) is 1.71. The van der Waals surface area contributed by atoms with Gasteiger partial charge < -0.3 is 15.8 Å². The maximum atomic E-state index is 13.1. The molecule has 0 aromatic heterocycles. The third kappa shape index (κ3) is 3.91. The Kier molecular flexibility index (Phi) is 4.92. The van der Waals surface area contributed by atoms with Gasteiger partial charge in [0.15, 0.2) is 0 Å². The van der Waals surface area contributed by atoms with E-state index >= 15 is 0 Å². The molecule has 1 aliphatic rings. The molecule has 1 aromatic rings. The monoisotopic (exact) mass is 281 g/mol. The van der Waals surface area contributed by atoms with Gasteiger partial charge in [0.25, 0.3) is 0 Å². The number of likely N-dealkylation sites (N-methyl/N-ethyl adjacent to an activating group) is 1. The van der Waals surface area contributed by atoms with Crippen LogP contribution in [0, 0.1) is 5.82 Å². The highest BCUT2D eigenvalue weighted by Crippen LogP contribution is 2.19. The Morgan fingerprint density at radius 2 is 2.20 bits per heavy atom. The Labute approximate surface area is 117 Å². The second-order valence-corrected chi connectivity index (χ2v) is 5.04. The second-order valence-electron chi connectivity index (χ2n) is 5.04. The molecule has 1 aromatic carbocycles. The average molecular weight is 281 g/mol. The molecule has 1 aliphatic heterocycles. The van der Waals surface area contributed by atoms with Crippen molar-refractivity contribution in [3.05, 3.63) is 24.0 Å². The zero-order valence-corrected chi connectivity index (χ0v) is 11.6. The normalized spacial score (nSPS) is 16.4.